The van der Waals surface area contributed by atoms with Crippen LogP contribution in [0.15, 0.2) is 55.0 Å². The van der Waals surface area contributed by atoms with Gasteiger partial charge in [0.05, 0.1) is 30.1 Å². The zero-order valence-corrected chi connectivity index (χ0v) is 17.6. The molecule has 7 nitrogen and oxygen atoms in total. The van der Waals surface area contributed by atoms with Crippen molar-refractivity contribution in [1.29, 1.82) is 0 Å². The highest BCUT2D eigenvalue weighted by molar-refractivity contribution is 6.30. The molecule has 158 valence electrons. The Labute approximate surface area is 183 Å². The number of nitrogens with zero attached hydrogens (tertiary/aromatic N) is 6. The van der Waals surface area contributed by atoms with Crippen molar-refractivity contribution in [3.05, 3.63) is 65.8 Å². The highest BCUT2D eigenvalue weighted by Gasteiger charge is 2.23. The number of halogens is 2. The molecule has 0 amide bonds. The number of aromatic nitrogens is 4. The molecule has 0 N–H and O–H groups in total. The molecule has 9 heteroatoms. The average molecular weight is 439 g/mol. The van der Waals surface area contributed by atoms with E-state index in [4.69, 9.17) is 16.3 Å². The minimum absolute atomic E-state index is 0.287. The lowest BCUT2D eigenvalue weighted by molar-refractivity contribution is 0.413. The maximum Gasteiger partial charge on any atom is 0.168 e. The van der Waals surface area contributed by atoms with Crippen molar-refractivity contribution in [3.8, 4) is 11.4 Å². The van der Waals surface area contributed by atoms with Gasteiger partial charge in [-0.3, -0.25) is 0 Å². The summed E-state index contributed by atoms with van der Waals surface area (Å²) in [4.78, 5) is 13.4. The molecule has 2 aromatic heterocycles. The Hall–Kier alpha value is -3.39. The SMILES string of the molecule is COc1ccc(Cl)cc1N1CCN(c2ncnc3c2cnn3-c2ccc(F)cc2)CC1. The number of methoxy groups -OCH3 is 1. The highest BCUT2D eigenvalue weighted by atomic mass is 35.5. The molecule has 1 aliphatic heterocycles. The van der Waals surface area contributed by atoms with Gasteiger partial charge in [-0.1, -0.05) is 11.6 Å². The second kappa shape index (κ2) is 8.03. The van der Waals surface area contributed by atoms with Crippen LogP contribution in [0.5, 0.6) is 5.75 Å². The number of piperazine rings is 1. The van der Waals surface area contributed by atoms with Gasteiger partial charge in [0.25, 0.3) is 0 Å². The number of fused-ring (bicyclic) bond motifs is 1. The van der Waals surface area contributed by atoms with Crippen LogP contribution in [0, 0.1) is 5.82 Å². The zero-order valence-electron chi connectivity index (χ0n) is 16.9. The van der Waals surface area contributed by atoms with E-state index in [1.165, 1.54) is 12.1 Å². The molecule has 2 aromatic carbocycles. The van der Waals surface area contributed by atoms with E-state index in [1.807, 2.05) is 18.2 Å². The van der Waals surface area contributed by atoms with Crippen LogP contribution in [0.4, 0.5) is 15.9 Å². The number of hydrogen-bond acceptors (Lipinski definition) is 6. The fourth-order valence-corrected chi connectivity index (χ4v) is 4.09. The van der Waals surface area contributed by atoms with Crippen LogP contribution in [-0.2, 0) is 0 Å². The quantitative estimate of drug-likeness (QED) is 0.481. The van der Waals surface area contributed by atoms with Crippen LogP contribution in [0.1, 0.15) is 0 Å². The van der Waals surface area contributed by atoms with Crippen LogP contribution in [0.3, 0.4) is 0 Å². The fraction of sp³-hybridized carbons (Fsp3) is 0.227. The third-order valence-electron chi connectivity index (χ3n) is 5.48. The lowest BCUT2D eigenvalue weighted by Crippen LogP contribution is -2.47. The molecule has 4 aromatic rings. The van der Waals surface area contributed by atoms with E-state index in [0.717, 1.165) is 54.5 Å². The predicted octanol–water partition coefficient (Wildman–Crippen LogP) is 3.94. The van der Waals surface area contributed by atoms with Crippen molar-refractivity contribution < 1.29 is 9.13 Å². The van der Waals surface area contributed by atoms with E-state index in [2.05, 4.69) is 24.9 Å². The van der Waals surface area contributed by atoms with E-state index in [1.54, 1.807) is 36.4 Å². The van der Waals surface area contributed by atoms with Crippen LogP contribution in [0.25, 0.3) is 16.7 Å². The third-order valence-corrected chi connectivity index (χ3v) is 5.71. The van der Waals surface area contributed by atoms with Gasteiger partial charge in [-0.05, 0) is 42.5 Å². The summed E-state index contributed by atoms with van der Waals surface area (Å²) < 4.78 is 20.5. The molecule has 0 radical (unpaired) electrons. The van der Waals surface area contributed by atoms with E-state index < -0.39 is 0 Å². The largest absolute Gasteiger partial charge is 0.495 e. The van der Waals surface area contributed by atoms with E-state index >= 15 is 0 Å². The second-order valence-electron chi connectivity index (χ2n) is 7.26. The number of benzene rings is 2. The molecule has 0 atom stereocenters. The van der Waals surface area contributed by atoms with Gasteiger partial charge in [-0.25, -0.2) is 19.0 Å². The lowest BCUT2D eigenvalue weighted by Gasteiger charge is -2.37. The van der Waals surface area contributed by atoms with Crippen molar-refractivity contribution in [1.82, 2.24) is 19.7 Å². The fourth-order valence-electron chi connectivity index (χ4n) is 3.92. The van der Waals surface area contributed by atoms with Crippen LogP contribution < -0.4 is 14.5 Å². The van der Waals surface area contributed by atoms with Gasteiger partial charge in [0.2, 0.25) is 0 Å². The molecule has 1 fully saturated rings. The van der Waals surface area contributed by atoms with Gasteiger partial charge < -0.3 is 14.5 Å². The van der Waals surface area contributed by atoms with Crippen molar-refractivity contribution in [2.24, 2.45) is 0 Å². The van der Waals surface area contributed by atoms with Crippen molar-refractivity contribution in [3.63, 3.8) is 0 Å². The first-order valence-corrected chi connectivity index (χ1v) is 10.3. The molecule has 31 heavy (non-hydrogen) atoms. The summed E-state index contributed by atoms with van der Waals surface area (Å²) in [5.41, 5.74) is 2.43. The normalized spacial score (nSPS) is 14.3. The maximum atomic E-state index is 13.3. The Morgan fingerprint density at radius 3 is 2.45 bits per heavy atom. The van der Waals surface area contributed by atoms with Crippen LogP contribution in [0.2, 0.25) is 5.02 Å². The topological polar surface area (TPSA) is 59.3 Å². The number of ether oxygens (including phenoxy) is 1. The van der Waals surface area contributed by atoms with Gasteiger partial charge in [0.1, 0.15) is 23.7 Å². The zero-order chi connectivity index (χ0) is 21.4. The summed E-state index contributed by atoms with van der Waals surface area (Å²) in [7, 11) is 1.67. The molecule has 1 saturated heterocycles. The first-order chi connectivity index (χ1) is 15.1. The molecule has 0 saturated carbocycles. The molecular weight excluding hydrogens is 419 g/mol. The highest BCUT2D eigenvalue weighted by Crippen LogP contribution is 2.33. The number of rotatable bonds is 4. The van der Waals surface area contributed by atoms with Crippen LogP contribution in [-0.4, -0.2) is 53.0 Å². The van der Waals surface area contributed by atoms with Crippen molar-refractivity contribution in [2.45, 2.75) is 0 Å². The van der Waals surface area contributed by atoms with Gasteiger partial charge in [0, 0.05) is 31.2 Å². The molecule has 0 bridgehead atoms. The lowest BCUT2D eigenvalue weighted by atomic mass is 10.2. The number of anilines is 2. The second-order valence-corrected chi connectivity index (χ2v) is 7.69. The van der Waals surface area contributed by atoms with Crippen molar-refractivity contribution in [2.75, 3.05) is 43.1 Å². The summed E-state index contributed by atoms with van der Waals surface area (Å²) in [5, 5.41) is 6.01. The third kappa shape index (κ3) is 3.63. The molecule has 1 aliphatic rings. The minimum atomic E-state index is -0.287. The van der Waals surface area contributed by atoms with Crippen molar-refractivity contribution >= 4 is 34.1 Å². The Morgan fingerprint density at radius 1 is 0.968 bits per heavy atom. The van der Waals surface area contributed by atoms with E-state index in [-0.39, 0.29) is 5.82 Å². The molecule has 0 aliphatic carbocycles. The molecule has 3 heterocycles. The molecule has 5 rings (SSSR count). The first kappa shape index (κ1) is 19.6. The van der Waals surface area contributed by atoms with E-state index in [0.29, 0.717) is 10.7 Å². The monoisotopic (exact) mass is 438 g/mol. The first-order valence-electron chi connectivity index (χ1n) is 9.92. The minimum Gasteiger partial charge on any atom is -0.495 e. The summed E-state index contributed by atoms with van der Waals surface area (Å²) in [6.07, 6.45) is 3.31. The molecular formula is C22H20ClFN6O. The van der Waals surface area contributed by atoms with Gasteiger partial charge >= 0.3 is 0 Å². The Balaban J connectivity index is 1.40. The Bertz CT molecular complexity index is 1220. The smallest absolute Gasteiger partial charge is 0.168 e. The Kier molecular flexibility index (Phi) is 5.07. The van der Waals surface area contributed by atoms with Gasteiger partial charge in [0.15, 0.2) is 5.65 Å². The summed E-state index contributed by atoms with van der Waals surface area (Å²) in [6, 6.07) is 11.8. The van der Waals surface area contributed by atoms with Crippen LogP contribution >= 0.6 is 11.6 Å². The van der Waals surface area contributed by atoms with Gasteiger partial charge in [-0.2, -0.15) is 5.10 Å². The standard InChI is InChI=1S/C22H20ClFN6O/c1-31-20-7-2-15(23)12-19(20)28-8-10-29(11-9-28)21-18-13-27-30(22(18)26-14-25-21)17-5-3-16(24)4-6-17/h2-7,12-14H,8-11H2,1H3. The predicted molar refractivity (Wildman–Crippen MR) is 119 cm³/mol. The maximum absolute atomic E-state index is 13.3. The van der Waals surface area contributed by atoms with E-state index in [9.17, 15) is 4.39 Å². The molecule has 0 spiro atoms. The summed E-state index contributed by atoms with van der Waals surface area (Å²) >= 11 is 6.20. The summed E-state index contributed by atoms with van der Waals surface area (Å²) in [5.74, 6) is 1.36. The Morgan fingerprint density at radius 2 is 1.71 bits per heavy atom. The molecule has 0 unspecified atom stereocenters. The number of hydrogen-bond donors (Lipinski definition) is 0. The summed E-state index contributed by atoms with van der Waals surface area (Å²) in [6.45, 7) is 3.16. The van der Waals surface area contributed by atoms with Gasteiger partial charge in [-0.15, -0.1) is 0 Å². The average Bonchev–Trinajstić information content (AvgIpc) is 3.24.